The molecular formula is C29H35N3O8. The van der Waals surface area contributed by atoms with Gasteiger partial charge in [0, 0.05) is 18.8 Å². The van der Waals surface area contributed by atoms with Gasteiger partial charge in [-0.2, -0.15) is 0 Å². The molecule has 40 heavy (non-hydrogen) atoms. The van der Waals surface area contributed by atoms with E-state index in [0.29, 0.717) is 31.5 Å². The van der Waals surface area contributed by atoms with E-state index in [9.17, 15) is 29.1 Å². The zero-order chi connectivity index (χ0) is 29.4. The Balaban J connectivity index is 1.70. The molecule has 1 fully saturated rings. The molecule has 1 heterocycles. The molecule has 2 amide bonds. The topological polar surface area (TPSA) is 162 Å². The summed E-state index contributed by atoms with van der Waals surface area (Å²) in [6.45, 7) is 4.25. The van der Waals surface area contributed by atoms with E-state index in [0.717, 1.165) is 11.3 Å². The predicted molar refractivity (Wildman–Crippen MR) is 146 cm³/mol. The minimum Gasteiger partial charge on any atom is -0.481 e. The van der Waals surface area contributed by atoms with Crippen molar-refractivity contribution in [1.82, 2.24) is 10.6 Å². The van der Waals surface area contributed by atoms with Crippen LogP contribution in [0.15, 0.2) is 54.6 Å². The maximum atomic E-state index is 13.1. The van der Waals surface area contributed by atoms with Crippen LogP contribution >= 0.6 is 0 Å². The van der Waals surface area contributed by atoms with E-state index < -0.39 is 53.7 Å². The number of esters is 1. The van der Waals surface area contributed by atoms with Gasteiger partial charge in [-0.05, 0) is 49.9 Å². The number of carboxylic acid groups (broad SMARTS) is 2. The normalized spacial score (nSPS) is 16.6. The van der Waals surface area contributed by atoms with Crippen LogP contribution in [0.5, 0.6) is 0 Å². The van der Waals surface area contributed by atoms with Crippen LogP contribution in [0.3, 0.4) is 0 Å². The van der Waals surface area contributed by atoms with E-state index in [1.54, 1.807) is 32.0 Å². The Hall–Kier alpha value is -4.41. The van der Waals surface area contributed by atoms with Crippen LogP contribution in [0, 0.1) is 0 Å². The fourth-order valence-electron chi connectivity index (χ4n) is 4.77. The molecule has 0 saturated carbocycles. The molecule has 0 aromatic heterocycles. The molecule has 1 saturated heterocycles. The number of hydrogen-bond acceptors (Lipinski definition) is 7. The summed E-state index contributed by atoms with van der Waals surface area (Å²) < 4.78 is 5.07. The molecule has 1 aliphatic heterocycles. The van der Waals surface area contributed by atoms with Gasteiger partial charge in [-0.3, -0.25) is 14.4 Å². The first-order chi connectivity index (χ1) is 19.0. The first-order valence-electron chi connectivity index (χ1n) is 13.0. The number of amides is 2. The van der Waals surface area contributed by atoms with Gasteiger partial charge in [0.1, 0.15) is 11.6 Å². The number of ether oxygens (including phenoxy) is 1. The molecule has 11 nitrogen and oxygen atoms in total. The molecule has 2 aromatic rings. The molecule has 2 aromatic carbocycles. The lowest BCUT2D eigenvalue weighted by Crippen LogP contribution is -2.61. The van der Waals surface area contributed by atoms with Crippen molar-refractivity contribution in [2.75, 3.05) is 25.1 Å². The lowest BCUT2D eigenvalue weighted by Gasteiger charge is -2.41. The van der Waals surface area contributed by atoms with Crippen molar-refractivity contribution in [1.29, 1.82) is 0 Å². The number of piperidine rings is 1. The smallest absolute Gasteiger partial charge is 0.331 e. The summed E-state index contributed by atoms with van der Waals surface area (Å²) in [4.78, 5) is 63.0. The molecule has 3 atom stereocenters. The van der Waals surface area contributed by atoms with Crippen LogP contribution in [-0.2, 0) is 28.7 Å². The number of rotatable bonds is 11. The van der Waals surface area contributed by atoms with E-state index in [1.165, 1.54) is 7.11 Å². The number of hydrogen-bond donors (Lipinski definition) is 4. The molecule has 2 unspecified atom stereocenters. The molecule has 3 rings (SSSR count). The second-order valence-electron chi connectivity index (χ2n) is 10.00. The number of aliphatic carboxylic acids is 2. The van der Waals surface area contributed by atoms with E-state index in [4.69, 9.17) is 9.84 Å². The Morgan fingerprint density at radius 2 is 1.50 bits per heavy atom. The van der Waals surface area contributed by atoms with Gasteiger partial charge in [0.25, 0.3) is 0 Å². The highest BCUT2D eigenvalue weighted by molar-refractivity contribution is 5.92. The molecule has 0 radical (unpaired) electrons. The summed E-state index contributed by atoms with van der Waals surface area (Å²) in [6, 6.07) is 14.9. The molecule has 11 heteroatoms. The number of benzene rings is 2. The van der Waals surface area contributed by atoms with Gasteiger partial charge in [-0.1, -0.05) is 42.5 Å². The fourth-order valence-corrected chi connectivity index (χ4v) is 4.77. The zero-order valence-electron chi connectivity index (χ0n) is 22.8. The van der Waals surface area contributed by atoms with Crippen molar-refractivity contribution in [3.05, 3.63) is 65.7 Å². The molecule has 214 valence electrons. The van der Waals surface area contributed by atoms with Crippen LogP contribution in [0.2, 0.25) is 0 Å². The molecule has 1 aliphatic rings. The molecule has 0 spiro atoms. The summed E-state index contributed by atoms with van der Waals surface area (Å²) in [7, 11) is 1.30. The Bertz CT molecular complexity index is 1240. The van der Waals surface area contributed by atoms with Crippen LogP contribution in [-0.4, -0.2) is 71.7 Å². The Kier molecular flexibility index (Phi) is 9.87. The highest BCUT2D eigenvalue weighted by Gasteiger charge is 2.44. The number of carboxylic acids is 2. The standard InChI is InChI=1S/C29H35N3O8/c1-18(20-8-5-4-6-9-20)26(36)31-29(28(39)40-3)12-14-32(15-13-29)22-11-7-10-21(16-22)19(2)25(35)30-23(27(37)38)17-24(33)34/h4-11,16,18-19,23H,12-15,17H2,1-3H3,(H,30,35)(H,31,36)(H,33,34)(H,37,38)/t18?,19?,23-/m0/s1. The summed E-state index contributed by atoms with van der Waals surface area (Å²) in [5, 5.41) is 23.4. The Labute approximate surface area is 232 Å². The SMILES string of the molecule is COC(=O)C1(NC(=O)C(C)c2ccccc2)CCN(c2cccc(C(C)C(=O)N[C@@H](CC(=O)O)C(=O)O)c2)CC1. The summed E-state index contributed by atoms with van der Waals surface area (Å²) in [6.07, 6.45) is -0.116. The number of carbonyl (C=O) groups is 5. The minimum atomic E-state index is -1.54. The number of carbonyl (C=O) groups excluding carboxylic acids is 3. The average molecular weight is 554 g/mol. The molecular weight excluding hydrogens is 518 g/mol. The van der Waals surface area contributed by atoms with E-state index in [1.807, 2.05) is 41.3 Å². The lowest BCUT2D eigenvalue weighted by atomic mass is 9.85. The quantitative estimate of drug-likeness (QED) is 0.306. The largest absolute Gasteiger partial charge is 0.481 e. The number of anilines is 1. The van der Waals surface area contributed by atoms with Crippen LogP contribution in [0.4, 0.5) is 5.69 Å². The van der Waals surface area contributed by atoms with Crippen LogP contribution in [0.25, 0.3) is 0 Å². The monoisotopic (exact) mass is 553 g/mol. The summed E-state index contributed by atoms with van der Waals surface area (Å²) in [5.74, 6) is -5.34. The number of methoxy groups -OCH3 is 1. The van der Waals surface area contributed by atoms with E-state index >= 15 is 0 Å². The van der Waals surface area contributed by atoms with Crippen LogP contribution < -0.4 is 15.5 Å². The predicted octanol–water partition coefficient (Wildman–Crippen LogP) is 2.27. The van der Waals surface area contributed by atoms with Crippen molar-refractivity contribution >= 4 is 35.4 Å². The minimum absolute atomic E-state index is 0.269. The third kappa shape index (κ3) is 7.16. The van der Waals surface area contributed by atoms with Gasteiger partial charge in [-0.25, -0.2) is 9.59 Å². The van der Waals surface area contributed by atoms with Gasteiger partial charge < -0.3 is 30.5 Å². The second-order valence-corrected chi connectivity index (χ2v) is 10.00. The average Bonchev–Trinajstić information content (AvgIpc) is 2.96. The molecule has 4 N–H and O–H groups in total. The molecule has 0 aliphatic carbocycles. The first-order valence-corrected chi connectivity index (χ1v) is 13.0. The van der Waals surface area contributed by atoms with Crippen molar-refractivity contribution in [3.8, 4) is 0 Å². The van der Waals surface area contributed by atoms with Gasteiger partial charge in [0.05, 0.1) is 25.4 Å². The highest BCUT2D eigenvalue weighted by atomic mass is 16.5. The number of nitrogens with zero attached hydrogens (tertiary/aromatic N) is 1. The van der Waals surface area contributed by atoms with Crippen LogP contribution in [0.1, 0.15) is 56.1 Å². The van der Waals surface area contributed by atoms with Crippen molar-refractivity contribution in [2.24, 2.45) is 0 Å². The maximum absolute atomic E-state index is 13.1. The van der Waals surface area contributed by atoms with Crippen molar-refractivity contribution in [3.63, 3.8) is 0 Å². The van der Waals surface area contributed by atoms with E-state index in [2.05, 4.69) is 10.6 Å². The maximum Gasteiger partial charge on any atom is 0.331 e. The zero-order valence-corrected chi connectivity index (χ0v) is 22.8. The number of nitrogens with one attached hydrogen (secondary N) is 2. The fraction of sp³-hybridized carbons (Fsp3) is 0.414. The van der Waals surface area contributed by atoms with E-state index in [-0.39, 0.29) is 5.91 Å². The summed E-state index contributed by atoms with van der Waals surface area (Å²) in [5.41, 5.74) is 1.07. The summed E-state index contributed by atoms with van der Waals surface area (Å²) >= 11 is 0. The van der Waals surface area contributed by atoms with Gasteiger partial charge in [-0.15, -0.1) is 0 Å². The molecule has 0 bridgehead atoms. The highest BCUT2D eigenvalue weighted by Crippen LogP contribution is 2.30. The third-order valence-corrected chi connectivity index (χ3v) is 7.37. The third-order valence-electron chi connectivity index (χ3n) is 7.37. The van der Waals surface area contributed by atoms with Gasteiger partial charge in [0.15, 0.2) is 0 Å². The van der Waals surface area contributed by atoms with Gasteiger partial charge >= 0.3 is 17.9 Å². The van der Waals surface area contributed by atoms with Crippen molar-refractivity contribution in [2.45, 2.75) is 56.5 Å². The van der Waals surface area contributed by atoms with Crippen molar-refractivity contribution < 1.29 is 38.9 Å². The second kappa shape index (κ2) is 13.1. The lowest BCUT2D eigenvalue weighted by molar-refractivity contribution is -0.152. The first kappa shape index (κ1) is 30.1. The Morgan fingerprint density at radius 3 is 2.08 bits per heavy atom. The van der Waals surface area contributed by atoms with Gasteiger partial charge in [0.2, 0.25) is 11.8 Å². The Morgan fingerprint density at radius 1 is 0.900 bits per heavy atom.